The molecule has 0 amide bonds. The van der Waals surface area contributed by atoms with Crippen molar-refractivity contribution in [2.24, 2.45) is 0 Å². The molecule has 2 rings (SSSR count). The summed E-state index contributed by atoms with van der Waals surface area (Å²) < 4.78 is 5.93. The smallest absolute Gasteiger partial charge is 0.0575 e. The van der Waals surface area contributed by atoms with Crippen molar-refractivity contribution in [3.05, 3.63) is 34.9 Å². The van der Waals surface area contributed by atoms with Gasteiger partial charge in [-0.05, 0) is 50.8 Å². The third kappa shape index (κ3) is 5.26. The molecule has 2 nitrogen and oxygen atoms in total. The van der Waals surface area contributed by atoms with Crippen LogP contribution >= 0.6 is 0 Å². The summed E-state index contributed by atoms with van der Waals surface area (Å²) >= 11 is 0. The first-order valence-electron chi connectivity index (χ1n) is 8.14. The van der Waals surface area contributed by atoms with Crippen LogP contribution in [-0.2, 0) is 11.3 Å². The molecule has 2 heteroatoms. The van der Waals surface area contributed by atoms with Gasteiger partial charge in [0.05, 0.1) is 6.10 Å². The zero-order valence-electron chi connectivity index (χ0n) is 13.1. The molecule has 0 bridgehead atoms. The SMILES string of the molecule is Cc1ccc(CNCCCOC2CCCCC2)c(C)c1. The van der Waals surface area contributed by atoms with Crippen molar-refractivity contribution in [2.75, 3.05) is 13.2 Å². The van der Waals surface area contributed by atoms with Gasteiger partial charge in [0, 0.05) is 13.2 Å². The summed E-state index contributed by atoms with van der Waals surface area (Å²) in [5, 5.41) is 3.52. The summed E-state index contributed by atoms with van der Waals surface area (Å²) in [5.41, 5.74) is 4.13. The predicted octanol–water partition coefficient (Wildman–Crippen LogP) is 4.13. The predicted molar refractivity (Wildman–Crippen MR) is 85.1 cm³/mol. The minimum Gasteiger partial charge on any atom is -0.378 e. The van der Waals surface area contributed by atoms with Gasteiger partial charge < -0.3 is 10.1 Å². The topological polar surface area (TPSA) is 21.3 Å². The van der Waals surface area contributed by atoms with Gasteiger partial charge in [-0.3, -0.25) is 0 Å². The number of rotatable bonds is 7. The maximum atomic E-state index is 5.93. The third-order valence-electron chi connectivity index (χ3n) is 4.22. The van der Waals surface area contributed by atoms with Gasteiger partial charge in [0.2, 0.25) is 0 Å². The molecule has 0 saturated heterocycles. The van der Waals surface area contributed by atoms with Crippen LogP contribution in [0.1, 0.15) is 55.2 Å². The average Bonchev–Trinajstić information content (AvgIpc) is 2.46. The molecule has 0 atom stereocenters. The third-order valence-corrected chi connectivity index (χ3v) is 4.22. The molecular formula is C18H29NO. The van der Waals surface area contributed by atoms with Crippen molar-refractivity contribution in [2.45, 2.75) is 65.0 Å². The Bertz CT molecular complexity index is 396. The molecule has 1 saturated carbocycles. The maximum Gasteiger partial charge on any atom is 0.0575 e. The van der Waals surface area contributed by atoms with E-state index in [4.69, 9.17) is 4.74 Å². The fraction of sp³-hybridized carbons (Fsp3) is 0.667. The highest BCUT2D eigenvalue weighted by atomic mass is 16.5. The monoisotopic (exact) mass is 275 g/mol. The normalized spacial score (nSPS) is 16.5. The Hall–Kier alpha value is -0.860. The number of hydrogen-bond acceptors (Lipinski definition) is 2. The van der Waals surface area contributed by atoms with Gasteiger partial charge >= 0.3 is 0 Å². The molecule has 1 aliphatic carbocycles. The highest BCUT2D eigenvalue weighted by Gasteiger charge is 2.12. The van der Waals surface area contributed by atoms with Crippen LogP contribution in [0.15, 0.2) is 18.2 Å². The molecule has 1 aromatic rings. The summed E-state index contributed by atoms with van der Waals surface area (Å²) in [6, 6.07) is 6.68. The lowest BCUT2D eigenvalue weighted by Crippen LogP contribution is -2.21. The first-order valence-corrected chi connectivity index (χ1v) is 8.14. The molecule has 1 aliphatic rings. The van der Waals surface area contributed by atoms with Gasteiger partial charge in [-0.2, -0.15) is 0 Å². The van der Waals surface area contributed by atoms with Crippen LogP contribution < -0.4 is 5.32 Å². The molecule has 0 aliphatic heterocycles. The van der Waals surface area contributed by atoms with Gasteiger partial charge in [-0.15, -0.1) is 0 Å². The fourth-order valence-electron chi connectivity index (χ4n) is 2.95. The van der Waals surface area contributed by atoms with E-state index in [0.717, 1.165) is 26.1 Å². The number of aryl methyl sites for hydroxylation is 2. The Morgan fingerprint density at radius 1 is 1.15 bits per heavy atom. The van der Waals surface area contributed by atoms with Crippen molar-refractivity contribution in [3.8, 4) is 0 Å². The Balaban J connectivity index is 1.55. The minimum absolute atomic E-state index is 0.545. The number of hydrogen-bond donors (Lipinski definition) is 1. The summed E-state index contributed by atoms with van der Waals surface area (Å²) in [6.45, 7) is 7.25. The molecule has 0 spiro atoms. The second-order valence-corrected chi connectivity index (χ2v) is 6.09. The number of benzene rings is 1. The summed E-state index contributed by atoms with van der Waals surface area (Å²) in [5.74, 6) is 0. The van der Waals surface area contributed by atoms with Crippen LogP contribution in [0.5, 0.6) is 0 Å². The molecule has 0 radical (unpaired) electrons. The molecule has 0 heterocycles. The highest BCUT2D eigenvalue weighted by Crippen LogP contribution is 2.20. The maximum absolute atomic E-state index is 5.93. The van der Waals surface area contributed by atoms with Gasteiger partial charge in [0.25, 0.3) is 0 Å². The van der Waals surface area contributed by atoms with Crippen molar-refractivity contribution < 1.29 is 4.74 Å². The zero-order chi connectivity index (χ0) is 14.2. The highest BCUT2D eigenvalue weighted by molar-refractivity contribution is 5.30. The second kappa shape index (κ2) is 8.43. The molecule has 1 aromatic carbocycles. The molecule has 112 valence electrons. The molecular weight excluding hydrogens is 246 g/mol. The summed E-state index contributed by atoms with van der Waals surface area (Å²) in [7, 11) is 0. The quantitative estimate of drug-likeness (QED) is 0.755. The average molecular weight is 275 g/mol. The van der Waals surface area contributed by atoms with Crippen LogP contribution in [0.3, 0.4) is 0 Å². The van der Waals surface area contributed by atoms with Crippen LogP contribution in [0.25, 0.3) is 0 Å². The van der Waals surface area contributed by atoms with Crippen molar-refractivity contribution in [3.63, 3.8) is 0 Å². The standard InChI is InChI=1S/C18H29NO/c1-15-9-10-17(16(2)13-15)14-19-11-6-12-20-18-7-4-3-5-8-18/h9-10,13,18-19H,3-8,11-12,14H2,1-2H3. The minimum atomic E-state index is 0.545. The Kier molecular flexibility index (Phi) is 6.55. The lowest BCUT2D eigenvalue weighted by Gasteiger charge is -2.21. The number of ether oxygens (including phenoxy) is 1. The Morgan fingerprint density at radius 2 is 1.95 bits per heavy atom. The molecule has 1 fully saturated rings. The summed E-state index contributed by atoms with van der Waals surface area (Å²) in [6.07, 6.45) is 8.32. The van der Waals surface area contributed by atoms with E-state index < -0.39 is 0 Å². The van der Waals surface area contributed by atoms with Gasteiger partial charge in [0.1, 0.15) is 0 Å². The molecule has 1 N–H and O–H groups in total. The van der Waals surface area contributed by atoms with E-state index in [9.17, 15) is 0 Å². The van der Waals surface area contributed by atoms with E-state index in [2.05, 4.69) is 37.4 Å². The van der Waals surface area contributed by atoms with Crippen molar-refractivity contribution >= 4 is 0 Å². The zero-order valence-corrected chi connectivity index (χ0v) is 13.1. The van der Waals surface area contributed by atoms with E-state index in [0.29, 0.717) is 6.10 Å². The lowest BCUT2D eigenvalue weighted by molar-refractivity contribution is 0.0273. The van der Waals surface area contributed by atoms with E-state index in [1.807, 2.05) is 0 Å². The second-order valence-electron chi connectivity index (χ2n) is 6.09. The Labute approximate surface area is 123 Å². The van der Waals surface area contributed by atoms with Crippen LogP contribution in [-0.4, -0.2) is 19.3 Å². The van der Waals surface area contributed by atoms with Crippen LogP contribution in [0, 0.1) is 13.8 Å². The van der Waals surface area contributed by atoms with Crippen LogP contribution in [0.4, 0.5) is 0 Å². The lowest BCUT2D eigenvalue weighted by atomic mass is 9.98. The summed E-state index contributed by atoms with van der Waals surface area (Å²) in [4.78, 5) is 0. The van der Waals surface area contributed by atoms with E-state index in [1.165, 1.54) is 48.8 Å². The van der Waals surface area contributed by atoms with Gasteiger partial charge in [-0.1, -0.05) is 43.0 Å². The van der Waals surface area contributed by atoms with Crippen LogP contribution in [0.2, 0.25) is 0 Å². The van der Waals surface area contributed by atoms with Crippen molar-refractivity contribution in [1.82, 2.24) is 5.32 Å². The van der Waals surface area contributed by atoms with Crippen molar-refractivity contribution in [1.29, 1.82) is 0 Å². The molecule has 0 unspecified atom stereocenters. The molecule has 20 heavy (non-hydrogen) atoms. The van der Waals surface area contributed by atoms with E-state index in [1.54, 1.807) is 0 Å². The van der Waals surface area contributed by atoms with Gasteiger partial charge in [-0.25, -0.2) is 0 Å². The van der Waals surface area contributed by atoms with E-state index >= 15 is 0 Å². The van der Waals surface area contributed by atoms with E-state index in [-0.39, 0.29) is 0 Å². The fourth-order valence-corrected chi connectivity index (χ4v) is 2.95. The Morgan fingerprint density at radius 3 is 2.70 bits per heavy atom. The van der Waals surface area contributed by atoms with Gasteiger partial charge in [0.15, 0.2) is 0 Å². The largest absolute Gasteiger partial charge is 0.378 e. The first-order chi connectivity index (χ1) is 9.75. The first kappa shape index (κ1) is 15.5. The molecule has 0 aromatic heterocycles. The number of nitrogens with one attached hydrogen (secondary N) is 1.